The maximum atomic E-state index is 12.2. The highest BCUT2D eigenvalue weighted by Crippen LogP contribution is 2.60. The van der Waals surface area contributed by atoms with Crippen molar-refractivity contribution in [3.05, 3.63) is 40.4 Å². The lowest BCUT2D eigenvalue weighted by molar-refractivity contribution is -0.274. The van der Waals surface area contributed by atoms with E-state index < -0.39 is 12.3 Å². The predicted octanol–water partition coefficient (Wildman–Crippen LogP) is 5.22. The Labute approximate surface area is 147 Å². The molecule has 0 aliphatic heterocycles. The molecule has 2 unspecified atom stereocenters. The number of halogens is 5. The van der Waals surface area contributed by atoms with Crippen molar-refractivity contribution in [3.63, 3.8) is 0 Å². The largest absolute Gasteiger partial charge is 0.573 e. The van der Waals surface area contributed by atoms with Crippen LogP contribution in [0.2, 0.25) is 0 Å². The number of allylic oxidation sites excluding steroid dienone is 1. The average molecular weight is 383 g/mol. The molecule has 0 bridgehead atoms. The summed E-state index contributed by atoms with van der Waals surface area (Å²) in [7, 11) is 0. The topological polar surface area (TPSA) is 35.5 Å². The minimum atomic E-state index is -4.77. The van der Waals surface area contributed by atoms with Gasteiger partial charge in [0.2, 0.25) is 0 Å². The number of hydrogen-bond acceptors (Lipinski definition) is 3. The molecule has 2 rings (SSSR count). The minimum Gasteiger partial charge on any atom is -0.461 e. The Morgan fingerprint density at radius 2 is 2.00 bits per heavy atom. The molecule has 24 heavy (non-hydrogen) atoms. The Kier molecular flexibility index (Phi) is 5.40. The van der Waals surface area contributed by atoms with Gasteiger partial charge in [0, 0.05) is 0 Å². The Morgan fingerprint density at radius 1 is 1.33 bits per heavy atom. The Bertz CT molecular complexity index is 652. The number of carbonyl (C=O) groups is 1. The van der Waals surface area contributed by atoms with Crippen LogP contribution in [0, 0.1) is 17.3 Å². The smallest absolute Gasteiger partial charge is 0.461 e. The molecule has 0 N–H and O–H groups in total. The van der Waals surface area contributed by atoms with E-state index in [0.29, 0.717) is 5.56 Å². The first kappa shape index (κ1) is 18.9. The van der Waals surface area contributed by atoms with Crippen LogP contribution in [0.4, 0.5) is 13.2 Å². The summed E-state index contributed by atoms with van der Waals surface area (Å²) in [6.07, 6.45) is -3.18. The first-order valence-corrected chi connectivity index (χ1v) is 7.80. The van der Waals surface area contributed by atoms with Gasteiger partial charge in [-0.05, 0) is 35.1 Å². The van der Waals surface area contributed by atoms with Gasteiger partial charge >= 0.3 is 12.3 Å². The lowest BCUT2D eigenvalue weighted by Crippen LogP contribution is -2.17. The molecular weight excluding hydrogens is 368 g/mol. The first-order valence-electron chi connectivity index (χ1n) is 7.05. The summed E-state index contributed by atoms with van der Waals surface area (Å²) in [5.41, 5.74) is 0.0684. The molecule has 0 amide bonds. The molecular formula is C16H15Cl2F3O3. The van der Waals surface area contributed by atoms with Crippen LogP contribution >= 0.6 is 23.2 Å². The van der Waals surface area contributed by atoms with Crippen molar-refractivity contribution < 1.29 is 27.4 Å². The van der Waals surface area contributed by atoms with Crippen molar-refractivity contribution in [2.45, 2.75) is 26.8 Å². The number of hydrogen-bond donors (Lipinski definition) is 0. The molecule has 1 aliphatic rings. The van der Waals surface area contributed by atoms with Gasteiger partial charge in [0.05, 0.1) is 5.92 Å². The fourth-order valence-electron chi connectivity index (χ4n) is 2.65. The Balaban J connectivity index is 1.96. The van der Waals surface area contributed by atoms with Crippen LogP contribution < -0.4 is 4.74 Å². The number of benzene rings is 1. The van der Waals surface area contributed by atoms with E-state index in [9.17, 15) is 18.0 Å². The fraction of sp³-hybridized carbons (Fsp3) is 0.438. The monoisotopic (exact) mass is 382 g/mol. The van der Waals surface area contributed by atoms with E-state index >= 15 is 0 Å². The zero-order chi connectivity index (χ0) is 18.1. The quantitative estimate of drug-likeness (QED) is 0.654. The first-order chi connectivity index (χ1) is 11.0. The van der Waals surface area contributed by atoms with Crippen LogP contribution in [0.5, 0.6) is 5.75 Å². The molecule has 0 aromatic heterocycles. The molecule has 132 valence electrons. The molecule has 0 heterocycles. The van der Waals surface area contributed by atoms with Gasteiger partial charge in [0.25, 0.3) is 0 Å². The highest BCUT2D eigenvalue weighted by Gasteiger charge is 2.61. The molecule has 1 aromatic rings. The van der Waals surface area contributed by atoms with Crippen LogP contribution in [0.25, 0.3) is 0 Å². The molecule has 0 spiro atoms. The van der Waals surface area contributed by atoms with Gasteiger partial charge < -0.3 is 9.47 Å². The molecule has 0 radical (unpaired) electrons. The summed E-state index contributed by atoms with van der Waals surface area (Å²) in [4.78, 5) is 12.2. The van der Waals surface area contributed by atoms with Gasteiger partial charge in [-0.3, -0.25) is 4.79 Å². The second kappa shape index (κ2) is 6.84. The highest BCUT2D eigenvalue weighted by atomic mass is 35.5. The third-order valence-corrected chi connectivity index (χ3v) is 4.24. The van der Waals surface area contributed by atoms with E-state index in [-0.39, 0.29) is 34.1 Å². The molecule has 1 aromatic carbocycles. The van der Waals surface area contributed by atoms with E-state index in [1.165, 1.54) is 18.2 Å². The van der Waals surface area contributed by atoms with Gasteiger partial charge in [0.1, 0.15) is 16.8 Å². The summed E-state index contributed by atoms with van der Waals surface area (Å²) < 4.78 is 45.7. The van der Waals surface area contributed by atoms with Gasteiger partial charge in [-0.1, -0.05) is 49.2 Å². The lowest BCUT2D eigenvalue weighted by atomic mass is 10.1. The SMILES string of the molecule is CC1(C)C(C=C(Cl)Cl)C1C(=O)OCc1cccc(OC(F)(F)F)c1. The van der Waals surface area contributed by atoms with Gasteiger partial charge in [-0.25, -0.2) is 0 Å². The summed E-state index contributed by atoms with van der Waals surface area (Å²) >= 11 is 11.2. The number of esters is 1. The van der Waals surface area contributed by atoms with E-state index in [1.54, 1.807) is 12.1 Å². The minimum absolute atomic E-state index is 0.0837. The van der Waals surface area contributed by atoms with Crippen LogP contribution in [-0.2, 0) is 16.1 Å². The maximum Gasteiger partial charge on any atom is 0.573 e. The molecule has 1 saturated carbocycles. The van der Waals surface area contributed by atoms with E-state index in [2.05, 4.69) is 4.74 Å². The summed E-state index contributed by atoms with van der Waals surface area (Å²) in [6.45, 7) is 3.62. The van der Waals surface area contributed by atoms with Gasteiger partial charge in [0.15, 0.2) is 0 Å². The van der Waals surface area contributed by atoms with Crippen LogP contribution in [0.3, 0.4) is 0 Å². The third kappa shape index (κ3) is 4.80. The fourth-order valence-corrected chi connectivity index (χ4v) is 2.92. The molecule has 8 heteroatoms. The summed E-state index contributed by atoms with van der Waals surface area (Å²) in [5.74, 6) is -1.33. The third-order valence-electron chi connectivity index (χ3n) is 3.98. The number of ether oxygens (including phenoxy) is 2. The highest BCUT2D eigenvalue weighted by molar-refractivity contribution is 6.55. The van der Waals surface area contributed by atoms with Crippen molar-refractivity contribution in [1.82, 2.24) is 0 Å². The molecule has 2 atom stereocenters. The lowest BCUT2D eigenvalue weighted by Gasteiger charge is -2.10. The van der Waals surface area contributed by atoms with Crippen LogP contribution in [0.15, 0.2) is 34.8 Å². The average Bonchev–Trinajstić information content (AvgIpc) is 2.95. The Morgan fingerprint density at radius 3 is 2.58 bits per heavy atom. The zero-order valence-corrected chi connectivity index (χ0v) is 14.4. The standard InChI is InChI=1S/C16H15Cl2F3O3/c1-15(2)11(7-12(17)18)13(15)14(22)23-8-9-4-3-5-10(6-9)24-16(19,20)21/h3-7,11,13H,8H2,1-2H3. The predicted molar refractivity (Wildman–Crippen MR) is 83.5 cm³/mol. The van der Waals surface area contributed by atoms with Crippen LogP contribution in [-0.4, -0.2) is 12.3 Å². The number of carbonyl (C=O) groups excluding carboxylic acids is 1. The zero-order valence-electron chi connectivity index (χ0n) is 12.9. The van der Waals surface area contributed by atoms with Crippen LogP contribution in [0.1, 0.15) is 19.4 Å². The number of rotatable bonds is 5. The Hall–Kier alpha value is -1.40. The molecule has 1 aliphatic carbocycles. The maximum absolute atomic E-state index is 12.2. The molecule has 3 nitrogen and oxygen atoms in total. The van der Waals surface area contributed by atoms with E-state index in [0.717, 1.165) is 0 Å². The number of alkyl halides is 3. The van der Waals surface area contributed by atoms with Crippen molar-refractivity contribution in [3.8, 4) is 5.75 Å². The van der Waals surface area contributed by atoms with Crippen molar-refractivity contribution in [2.75, 3.05) is 0 Å². The van der Waals surface area contributed by atoms with E-state index in [1.807, 2.05) is 13.8 Å². The van der Waals surface area contributed by atoms with Crippen molar-refractivity contribution >= 4 is 29.2 Å². The molecule has 0 saturated heterocycles. The van der Waals surface area contributed by atoms with Gasteiger partial charge in [-0.15, -0.1) is 13.2 Å². The normalized spacial score (nSPS) is 21.8. The van der Waals surface area contributed by atoms with Crippen molar-refractivity contribution in [1.29, 1.82) is 0 Å². The second-order valence-corrected chi connectivity index (χ2v) is 7.09. The molecule has 1 fully saturated rings. The van der Waals surface area contributed by atoms with Crippen molar-refractivity contribution in [2.24, 2.45) is 17.3 Å². The summed E-state index contributed by atoms with van der Waals surface area (Å²) in [6, 6.07) is 5.28. The van der Waals surface area contributed by atoms with E-state index in [4.69, 9.17) is 27.9 Å². The van der Waals surface area contributed by atoms with Gasteiger partial charge in [-0.2, -0.15) is 0 Å². The summed E-state index contributed by atoms with van der Waals surface area (Å²) in [5, 5.41) is 0. The second-order valence-electron chi connectivity index (χ2n) is 6.08.